The lowest BCUT2D eigenvalue weighted by atomic mass is 9.95. The van der Waals surface area contributed by atoms with Crippen molar-refractivity contribution in [3.8, 4) is 0 Å². The van der Waals surface area contributed by atoms with Gasteiger partial charge in [-0.3, -0.25) is 19.4 Å². The maximum absolute atomic E-state index is 13.7. The molecule has 33 heavy (non-hydrogen) atoms. The molecule has 2 aliphatic rings. The van der Waals surface area contributed by atoms with E-state index in [1.165, 1.54) is 30.7 Å². The van der Waals surface area contributed by atoms with Crippen molar-refractivity contribution >= 4 is 11.8 Å². The molecule has 2 saturated carbocycles. The van der Waals surface area contributed by atoms with Crippen LogP contribution >= 0.6 is 0 Å². The molecule has 2 aromatic heterocycles. The molecule has 7 nitrogen and oxygen atoms in total. The molecule has 0 aromatic carbocycles. The molecular formula is C23H25F3N4O3. The molecule has 10 heteroatoms. The largest absolute Gasteiger partial charge is 0.414 e. The summed E-state index contributed by atoms with van der Waals surface area (Å²) in [7, 11) is 0. The van der Waals surface area contributed by atoms with Crippen LogP contribution in [-0.4, -0.2) is 33.6 Å². The summed E-state index contributed by atoms with van der Waals surface area (Å²) in [6.07, 6.45) is 5.25. The predicted octanol–water partition coefficient (Wildman–Crippen LogP) is 3.67. The molecular weight excluding hydrogens is 437 g/mol. The zero-order valence-corrected chi connectivity index (χ0v) is 17.9. The summed E-state index contributed by atoms with van der Waals surface area (Å²) >= 11 is 0. The van der Waals surface area contributed by atoms with Crippen molar-refractivity contribution in [2.24, 2.45) is 0 Å². The third-order valence-electron chi connectivity index (χ3n) is 6.03. The number of amides is 2. The van der Waals surface area contributed by atoms with Crippen molar-refractivity contribution in [2.45, 2.75) is 69.2 Å². The van der Waals surface area contributed by atoms with E-state index in [-0.39, 0.29) is 17.6 Å². The lowest BCUT2D eigenvalue weighted by Crippen LogP contribution is -2.42. The number of rotatable bonds is 6. The fourth-order valence-corrected chi connectivity index (χ4v) is 4.09. The highest BCUT2D eigenvalue weighted by Gasteiger charge is 2.43. The summed E-state index contributed by atoms with van der Waals surface area (Å²) in [6, 6.07) is 1.54. The smallest absolute Gasteiger partial charge is 0.349 e. The highest BCUT2D eigenvalue weighted by Crippen LogP contribution is 2.35. The summed E-state index contributed by atoms with van der Waals surface area (Å²) in [5.41, 5.74) is -2.02. The first-order valence-corrected chi connectivity index (χ1v) is 11.1. The van der Waals surface area contributed by atoms with Crippen LogP contribution in [0.2, 0.25) is 0 Å². The van der Waals surface area contributed by atoms with Crippen LogP contribution < -0.4 is 16.1 Å². The van der Waals surface area contributed by atoms with E-state index in [4.69, 9.17) is 0 Å². The van der Waals surface area contributed by atoms with Crippen molar-refractivity contribution < 1.29 is 22.8 Å². The molecule has 2 fully saturated rings. The average Bonchev–Trinajstić information content (AvgIpc) is 3.63. The van der Waals surface area contributed by atoms with Gasteiger partial charge in [-0.25, -0.2) is 0 Å². The van der Waals surface area contributed by atoms with Crippen molar-refractivity contribution in [3.05, 3.63) is 63.8 Å². The van der Waals surface area contributed by atoms with Crippen LogP contribution in [0.1, 0.15) is 83.4 Å². The topological polar surface area (TPSA) is 93.1 Å². The molecule has 2 heterocycles. The molecule has 0 bridgehead atoms. The van der Waals surface area contributed by atoms with E-state index in [0.29, 0.717) is 0 Å². The van der Waals surface area contributed by atoms with E-state index in [1.54, 1.807) is 4.57 Å². The first kappa shape index (κ1) is 23.0. The van der Waals surface area contributed by atoms with Crippen LogP contribution in [0.25, 0.3) is 0 Å². The molecule has 1 atom stereocenters. The third kappa shape index (κ3) is 5.43. The van der Waals surface area contributed by atoms with E-state index in [1.807, 2.05) is 5.32 Å². The SMILES string of the molecule is O=C(NC1CCCCC1)c1cn(C2CC2)cc(C(=O)N[C@@H](c2ccccn2)C(F)(F)F)c1=O. The summed E-state index contributed by atoms with van der Waals surface area (Å²) in [5, 5.41) is 4.74. The van der Waals surface area contributed by atoms with Gasteiger partial charge in [0.25, 0.3) is 11.8 Å². The number of halogens is 3. The minimum Gasteiger partial charge on any atom is -0.349 e. The molecule has 2 amide bonds. The Labute approximate surface area is 188 Å². The van der Waals surface area contributed by atoms with Gasteiger partial charge in [-0.1, -0.05) is 25.3 Å². The van der Waals surface area contributed by atoms with Gasteiger partial charge < -0.3 is 15.2 Å². The number of pyridine rings is 2. The van der Waals surface area contributed by atoms with Gasteiger partial charge in [0.15, 0.2) is 6.04 Å². The van der Waals surface area contributed by atoms with Gasteiger partial charge in [0.2, 0.25) is 5.43 Å². The first-order valence-electron chi connectivity index (χ1n) is 11.1. The van der Waals surface area contributed by atoms with Gasteiger partial charge in [-0.05, 0) is 37.8 Å². The fraction of sp³-hybridized carbons (Fsp3) is 0.478. The molecule has 2 aromatic rings. The van der Waals surface area contributed by atoms with Crippen molar-refractivity contribution in [1.82, 2.24) is 20.2 Å². The Hall–Kier alpha value is -3.17. The number of hydrogen-bond donors (Lipinski definition) is 2. The van der Waals surface area contributed by atoms with E-state index in [9.17, 15) is 27.6 Å². The van der Waals surface area contributed by atoms with Crippen molar-refractivity contribution in [1.29, 1.82) is 0 Å². The van der Waals surface area contributed by atoms with Gasteiger partial charge in [-0.15, -0.1) is 0 Å². The second-order valence-electron chi connectivity index (χ2n) is 8.60. The minimum atomic E-state index is -4.82. The van der Waals surface area contributed by atoms with Crippen LogP contribution in [0.3, 0.4) is 0 Å². The number of nitrogens with zero attached hydrogens (tertiary/aromatic N) is 2. The van der Waals surface area contributed by atoms with E-state index < -0.39 is 40.7 Å². The zero-order chi connectivity index (χ0) is 23.6. The van der Waals surface area contributed by atoms with E-state index in [0.717, 1.165) is 51.0 Å². The number of carbonyl (C=O) groups is 2. The van der Waals surface area contributed by atoms with Crippen molar-refractivity contribution in [3.63, 3.8) is 0 Å². The molecule has 176 valence electrons. The number of aromatic nitrogens is 2. The van der Waals surface area contributed by atoms with Crippen LogP contribution in [-0.2, 0) is 0 Å². The molecule has 2 N–H and O–H groups in total. The van der Waals surface area contributed by atoms with E-state index >= 15 is 0 Å². The fourth-order valence-electron chi connectivity index (χ4n) is 4.09. The van der Waals surface area contributed by atoms with Gasteiger partial charge in [0.1, 0.15) is 11.1 Å². The molecule has 0 saturated heterocycles. The lowest BCUT2D eigenvalue weighted by Gasteiger charge is -2.23. The van der Waals surface area contributed by atoms with Gasteiger partial charge in [0, 0.05) is 30.7 Å². The number of nitrogens with one attached hydrogen (secondary N) is 2. The van der Waals surface area contributed by atoms with Crippen LogP contribution in [0.15, 0.2) is 41.6 Å². The normalized spacial score (nSPS) is 17.9. The highest BCUT2D eigenvalue weighted by atomic mass is 19.4. The van der Waals surface area contributed by atoms with Crippen molar-refractivity contribution in [2.75, 3.05) is 0 Å². The monoisotopic (exact) mass is 462 g/mol. The third-order valence-corrected chi connectivity index (χ3v) is 6.03. The first-order chi connectivity index (χ1) is 15.7. The Kier molecular flexibility index (Phi) is 6.53. The second kappa shape index (κ2) is 9.36. The number of alkyl halides is 3. The van der Waals surface area contributed by atoms with Gasteiger partial charge >= 0.3 is 6.18 Å². The van der Waals surface area contributed by atoms with Crippen LogP contribution in [0.5, 0.6) is 0 Å². The summed E-state index contributed by atoms with van der Waals surface area (Å²) < 4.78 is 42.6. The highest BCUT2D eigenvalue weighted by molar-refractivity contribution is 5.99. The zero-order valence-electron chi connectivity index (χ0n) is 17.9. The summed E-state index contributed by atoms with van der Waals surface area (Å²) in [6.45, 7) is 0. The Balaban J connectivity index is 1.64. The average molecular weight is 462 g/mol. The number of hydrogen-bond acceptors (Lipinski definition) is 4. The Morgan fingerprint density at radius 2 is 1.67 bits per heavy atom. The van der Waals surface area contributed by atoms with Crippen LogP contribution in [0, 0.1) is 0 Å². The maximum Gasteiger partial charge on any atom is 0.414 e. The lowest BCUT2D eigenvalue weighted by molar-refractivity contribution is -0.156. The standard InChI is InChI=1S/C23H25F3N4O3/c24-23(25,26)20(18-8-4-5-11-27-18)29-22(33)17-13-30(15-9-10-15)12-16(19(17)31)21(32)28-14-6-2-1-3-7-14/h4-5,8,11-15,20H,1-3,6-7,9-10H2,(H,28,32)(H,29,33)/t20-/m0/s1. The number of carbonyl (C=O) groups excluding carboxylic acids is 2. The van der Waals surface area contributed by atoms with Gasteiger partial charge in [-0.2, -0.15) is 13.2 Å². The quantitative estimate of drug-likeness (QED) is 0.685. The Bertz CT molecular complexity index is 1070. The Morgan fingerprint density at radius 3 is 2.24 bits per heavy atom. The molecule has 0 aliphatic heterocycles. The molecule has 4 rings (SSSR count). The Morgan fingerprint density at radius 1 is 1.00 bits per heavy atom. The molecule has 0 radical (unpaired) electrons. The predicted molar refractivity (Wildman–Crippen MR) is 114 cm³/mol. The maximum atomic E-state index is 13.7. The molecule has 0 spiro atoms. The molecule has 0 unspecified atom stereocenters. The summed E-state index contributed by atoms with van der Waals surface area (Å²) in [4.78, 5) is 42.5. The summed E-state index contributed by atoms with van der Waals surface area (Å²) in [5.74, 6) is -1.80. The molecule has 2 aliphatic carbocycles. The van der Waals surface area contributed by atoms with Gasteiger partial charge in [0.05, 0.1) is 5.69 Å². The second-order valence-corrected chi connectivity index (χ2v) is 8.60. The minimum absolute atomic E-state index is 0.00702. The van der Waals surface area contributed by atoms with E-state index in [2.05, 4.69) is 10.3 Å². The van der Waals surface area contributed by atoms with Crippen LogP contribution in [0.4, 0.5) is 13.2 Å².